The van der Waals surface area contributed by atoms with Crippen LogP contribution in [0.3, 0.4) is 0 Å². The van der Waals surface area contributed by atoms with Crippen LogP contribution in [-0.4, -0.2) is 23.2 Å². The van der Waals surface area contributed by atoms with Gasteiger partial charge >= 0.3 is 0 Å². The van der Waals surface area contributed by atoms with Crippen LogP contribution < -0.4 is 5.32 Å². The number of pyridine rings is 1. The summed E-state index contributed by atoms with van der Waals surface area (Å²) >= 11 is 3.36. The molecular formula is C13H21BrN2O. The van der Waals surface area contributed by atoms with E-state index in [4.69, 9.17) is 5.11 Å². The zero-order valence-corrected chi connectivity index (χ0v) is 12.1. The smallest absolute Gasteiger partial charge is 0.106 e. The van der Waals surface area contributed by atoms with Gasteiger partial charge in [-0.15, -0.1) is 0 Å². The minimum atomic E-state index is 0.217. The van der Waals surface area contributed by atoms with Crippen LogP contribution in [0.5, 0.6) is 0 Å². The fraction of sp³-hybridized carbons (Fsp3) is 0.615. The highest BCUT2D eigenvalue weighted by molar-refractivity contribution is 9.10. The molecule has 1 aromatic rings. The third kappa shape index (κ3) is 6.15. The van der Waals surface area contributed by atoms with Gasteiger partial charge in [-0.2, -0.15) is 0 Å². The van der Waals surface area contributed by atoms with Gasteiger partial charge in [-0.05, 0) is 46.3 Å². The molecule has 2 N–H and O–H groups in total. The van der Waals surface area contributed by atoms with E-state index in [2.05, 4.69) is 40.1 Å². The van der Waals surface area contributed by atoms with E-state index in [0.717, 1.165) is 36.2 Å². The molecule has 0 aromatic carbocycles. The maximum absolute atomic E-state index is 8.83. The minimum Gasteiger partial charge on any atom is -0.396 e. The van der Waals surface area contributed by atoms with E-state index < -0.39 is 0 Å². The molecule has 0 fully saturated rings. The number of hydrogen-bond acceptors (Lipinski definition) is 3. The van der Waals surface area contributed by atoms with Crippen LogP contribution in [0.2, 0.25) is 0 Å². The Morgan fingerprint density at radius 3 is 2.82 bits per heavy atom. The number of nitrogens with zero attached hydrogens (tertiary/aromatic N) is 1. The number of rotatable bonds is 7. The summed E-state index contributed by atoms with van der Waals surface area (Å²) in [5, 5.41) is 12.2. The minimum absolute atomic E-state index is 0.217. The van der Waals surface area contributed by atoms with E-state index in [1.807, 2.05) is 18.2 Å². The SMILES string of the molecule is CC(C)(CCCO)CNCc1cccc(Br)n1. The van der Waals surface area contributed by atoms with Crippen LogP contribution in [0, 0.1) is 5.41 Å². The number of aromatic nitrogens is 1. The number of halogens is 1. The summed E-state index contributed by atoms with van der Waals surface area (Å²) in [5.74, 6) is 0. The first kappa shape index (κ1) is 14.6. The molecule has 0 bridgehead atoms. The second-order valence-electron chi connectivity index (χ2n) is 5.05. The van der Waals surface area contributed by atoms with Crippen molar-refractivity contribution in [2.45, 2.75) is 33.2 Å². The van der Waals surface area contributed by atoms with Gasteiger partial charge in [0.1, 0.15) is 4.60 Å². The topological polar surface area (TPSA) is 45.1 Å². The molecule has 1 rings (SSSR count). The van der Waals surface area contributed by atoms with Crippen LogP contribution in [0.15, 0.2) is 22.8 Å². The van der Waals surface area contributed by atoms with E-state index in [1.54, 1.807) is 0 Å². The molecule has 3 nitrogen and oxygen atoms in total. The molecule has 0 amide bonds. The van der Waals surface area contributed by atoms with Gasteiger partial charge in [0.05, 0.1) is 5.69 Å². The lowest BCUT2D eigenvalue weighted by Crippen LogP contribution is -2.29. The summed E-state index contributed by atoms with van der Waals surface area (Å²) in [6.45, 7) is 6.41. The Morgan fingerprint density at radius 1 is 1.41 bits per heavy atom. The molecule has 0 aliphatic carbocycles. The zero-order chi connectivity index (χ0) is 12.7. The van der Waals surface area contributed by atoms with Gasteiger partial charge in [-0.25, -0.2) is 4.98 Å². The Hall–Kier alpha value is -0.450. The van der Waals surface area contributed by atoms with Crippen molar-refractivity contribution in [3.63, 3.8) is 0 Å². The van der Waals surface area contributed by atoms with Gasteiger partial charge in [-0.3, -0.25) is 0 Å². The van der Waals surface area contributed by atoms with Crippen molar-refractivity contribution in [2.24, 2.45) is 5.41 Å². The first-order valence-electron chi connectivity index (χ1n) is 5.96. The van der Waals surface area contributed by atoms with Crippen LogP contribution in [-0.2, 0) is 6.54 Å². The van der Waals surface area contributed by atoms with Crippen molar-refractivity contribution in [1.82, 2.24) is 10.3 Å². The van der Waals surface area contributed by atoms with Crippen molar-refractivity contribution in [1.29, 1.82) is 0 Å². The zero-order valence-electron chi connectivity index (χ0n) is 10.5. The highest BCUT2D eigenvalue weighted by Crippen LogP contribution is 2.20. The molecular weight excluding hydrogens is 280 g/mol. The maximum atomic E-state index is 8.83. The molecule has 0 saturated heterocycles. The Bertz CT molecular complexity index is 342. The van der Waals surface area contributed by atoms with Gasteiger partial charge in [0.15, 0.2) is 0 Å². The summed E-state index contributed by atoms with van der Waals surface area (Å²) in [6.07, 6.45) is 1.90. The first-order valence-corrected chi connectivity index (χ1v) is 6.76. The second-order valence-corrected chi connectivity index (χ2v) is 5.86. The number of nitrogens with one attached hydrogen (secondary N) is 1. The summed E-state index contributed by atoms with van der Waals surface area (Å²) in [5.41, 5.74) is 1.26. The Labute approximate surface area is 112 Å². The van der Waals surface area contributed by atoms with Gasteiger partial charge in [0.2, 0.25) is 0 Å². The van der Waals surface area contributed by atoms with Crippen molar-refractivity contribution >= 4 is 15.9 Å². The third-order valence-corrected chi connectivity index (χ3v) is 3.14. The number of hydrogen-bond donors (Lipinski definition) is 2. The summed E-state index contributed by atoms with van der Waals surface area (Å²) in [6, 6.07) is 5.93. The molecule has 0 aliphatic rings. The molecule has 0 radical (unpaired) electrons. The lowest BCUT2D eigenvalue weighted by atomic mass is 9.88. The fourth-order valence-corrected chi connectivity index (χ4v) is 2.10. The maximum Gasteiger partial charge on any atom is 0.106 e. The summed E-state index contributed by atoms with van der Waals surface area (Å²) in [7, 11) is 0. The predicted octanol–water partition coefficient (Wildman–Crippen LogP) is 2.73. The standard InChI is InChI=1S/C13H21BrN2O/c1-13(2,7-4-8-17)10-15-9-11-5-3-6-12(14)16-11/h3,5-6,15,17H,4,7-10H2,1-2H3. The fourth-order valence-electron chi connectivity index (χ4n) is 1.72. The molecule has 1 heterocycles. The van der Waals surface area contributed by atoms with Crippen LogP contribution >= 0.6 is 15.9 Å². The molecule has 0 saturated carbocycles. The molecule has 1 aromatic heterocycles. The van der Waals surface area contributed by atoms with Crippen LogP contribution in [0.1, 0.15) is 32.4 Å². The number of aliphatic hydroxyl groups is 1. The molecule has 0 aliphatic heterocycles. The Kier molecular flexibility index (Phi) is 6.09. The lowest BCUT2D eigenvalue weighted by molar-refractivity contribution is 0.236. The highest BCUT2D eigenvalue weighted by atomic mass is 79.9. The van der Waals surface area contributed by atoms with E-state index in [1.165, 1.54) is 0 Å². The van der Waals surface area contributed by atoms with Crippen molar-refractivity contribution in [3.8, 4) is 0 Å². The monoisotopic (exact) mass is 300 g/mol. The van der Waals surface area contributed by atoms with Crippen LogP contribution in [0.25, 0.3) is 0 Å². The summed E-state index contributed by atoms with van der Waals surface area (Å²) < 4.78 is 0.872. The average Bonchev–Trinajstić information content (AvgIpc) is 2.26. The lowest BCUT2D eigenvalue weighted by Gasteiger charge is -2.24. The molecule has 4 heteroatoms. The van der Waals surface area contributed by atoms with E-state index >= 15 is 0 Å². The van der Waals surface area contributed by atoms with Gasteiger partial charge in [-0.1, -0.05) is 19.9 Å². The van der Waals surface area contributed by atoms with Gasteiger partial charge in [0, 0.05) is 19.7 Å². The van der Waals surface area contributed by atoms with Crippen molar-refractivity contribution in [3.05, 3.63) is 28.5 Å². The normalized spacial score (nSPS) is 11.8. The second kappa shape index (κ2) is 7.09. The molecule has 0 atom stereocenters. The Morgan fingerprint density at radius 2 is 2.18 bits per heavy atom. The largest absolute Gasteiger partial charge is 0.396 e. The van der Waals surface area contributed by atoms with Gasteiger partial charge in [0.25, 0.3) is 0 Å². The first-order chi connectivity index (χ1) is 8.03. The van der Waals surface area contributed by atoms with Crippen molar-refractivity contribution in [2.75, 3.05) is 13.2 Å². The van der Waals surface area contributed by atoms with E-state index in [-0.39, 0.29) is 12.0 Å². The quantitative estimate of drug-likeness (QED) is 0.761. The average molecular weight is 301 g/mol. The van der Waals surface area contributed by atoms with E-state index in [0.29, 0.717) is 0 Å². The van der Waals surface area contributed by atoms with E-state index in [9.17, 15) is 0 Å². The molecule has 0 spiro atoms. The predicted molar refractivity (Wildman–Crippen MR) is 73.7 cm³/mol. The third-order valence-electron chi connectivity index (χ3n) is 2.69. The van der Waals surface area contributed by atoms with Crippen LogP contribution in [0.4, 0.5) is 0 Å². The Balaban J connectivity index is 2.32. The van der Waals surface area contributed by atoms with Crippen molar-refractivity contribution < 1.29 is 5.11 Å². The molecule has 96 valence electrons. The number of aliphatic hydroxyl groups excluding tert-OH is 1. The molecule has 17 heavy (non-hydrogen) atoms. The molecule has 0 unspecified atom stereocenters. The highest BCUT2D eigenvalue weighted by Gasteiger charge is 2.16. The summed E-state index contributed by atoms with van der Waals surface area (Å²) in [4.78, 5) is 4.37. The van der Waals surface area contributed by atoms with Gasteiger partial charge < -0.3 is 10.4 Å².